The molecule has 1 heteroatoms. The van der Waals surface area contributed by atoms with Crippen LogP contribution in [0.25, 0.3) is 36.5 Å². The van der Waals surface area contributed by atoms with Gasteiger partial charge in [-0.25, -0.2) is 0 Å². The average molecular weight is 636 g/mol. The minimum Gasteiger partial charge on any atom is -0.311 e. The molecule has 0 aliphatic carbocycles. The number of aryl methyl sites for hydroxylation is 3. The second-order valence-corrected chi connectivity index (χ2v) is 12.4. The minimum absolute atomic E-state index is 1.06. The summed E-state index contributed by atoms with van der Waals surface area (Å²) in [6.45, 7) is 6.56. The van der Waals surface area contributed by atoms with Gasteiger partial charge in [-0.1, -0.05) is 166 Å². The van der Waals surface area contributed by atoms with E-state index in [2.05, 4.69) is 208 Å². The van der Waals surface area contributed by atoms with Crippen molar-refractivity contribution in [2.75, 3.05) is 4.90 Å². The summed E-state index contributed by atoms with van der Waals surface area (Å²) < 4.78 is 0. The van der Waals surface area contributed by atoms with Crippen LogP contribution >= 0.6 is 0 Å². The van der Waals surface area contributed by atoms with Gasteiger partial charge in [-0.15, -0.1) is 0 Å². The fourth-order valence-corrected chi connectivity index (χ4v) is 5.82. The molecule has 1 nitrogen and oxygen atoms in total. The molecule has 0 aliphatic heterocycles. The summed E-state index contributed by atoms with van der Waals surface area (Å²) in [5.41, 5.74) is 14.6. The Balaban J connectivity index is 1.25. The van der Waals surface area contributed by atoms with Crippen molar-refractivity contribution in [1.29, 1.82) is 0 Å². The zero-order chi connectivity index (χ0) is 33.8. The monoisotopic (exact) mass is 635 g/mol. The molecule has 0 amide bonds. The van der Waals surface area contributed by atoms with Gasteiger partial charge in [0, 0.05) is 17.1 Å². The molecule has 6 aromatic rings. The number of rotatable bonds is 12. The molecule has 0 aliphatic rings. The lowest BCUT2D eigenvalue weighted by Gasteiger charge is -2.26. The molecular formula is C48H45N. The van der Waals surface area contributed by atoms with Crippen LogP contribution in [0.1, 0.15) is 70.8 Å². The van der Waals surface area contributed by atoms with Crippen molar-refractivity contribution in [1.82, 2.24) is 0 Å². The van der Waals surface area contributed by atoms with Crippen LogP contribution in [-0.4, -0.2) is 0 Å². The molecule has 0 aromatic heterocycles. The quantitative estimate of drug-likeness (QED) is 0.121. The van der Waals surface area contributed by atoms with Gasteiger partial charge in [0.15, 0.2) is 0 Å². The number of hydrogen-bond donors (Lipinski definition) is 0. The SMILES string of the molecule is CCc1ccc(/C=C/c2ccc(N(c3ccc(/C=C/c4ccc(CC)cc4)cc3)c3ccc(/C=C/c4ccc(CC)cc4)cc3)cc2)cc1. The number of hydrogen-bond acceptors (Lipinski definition) is 1. The van der Waals surface area contributed by atoms with E-state index in [9.17, 15) is 0 Å². The largest absolute Gasteiger partial charge is 0.311 e. The fourth-order valence-electron chi connectivity index (χ4n) is 5.82. The summed E-state index contributed by atoms with van der Waals surface area (Å²) in [5, 5.41) is 0. The lowest BCUT2D eigenvalue weighted by atomic mass is 10.1. The Morgan fingerprint density at radius 2 is 0.469 bits per heavy atom. The topological polar surface area (TPSA) is 3.24 Å². The molecule has 49 heavy (non-hydrogen) atoms. The fraction of sp³-hybridized carbons (Fsp3) is 0.125. The highest BCUT2D eigenvalue weighted by Crippen LogP contribution is 2.35. The summed E-state index contributed by atoms with van der Waals surface area (Å²) in [7, 11) is 0. The van der Waals surface area contributed by atoms with Crippen molar-refractivity contribution < 1.29 is 0 Å². The highest BCUT2D eigenvalue weighted by atomic mass is 15.1. The second kappa shape index (κ2) is 16.4. The number of nitrogens with zero attached hydrogens (tertiary/aromatic N) is 1. The molecule has 0 bridgehead atoms. The van der Waals surface area contributed by atoms with E-state index in [1.165, 1.54) is 50.1 Å². The third-order valence-electron chi connectivity index (χ3n) is 9.02. The molecule has 0 N–H and O–H groups in total. The molecule has 0 spiro atoms. The van der Waals surface area contributed by atoms with Crippen LogP contribution in [0.5, 0.6) is 0 Å². The molecule has 242 valence electrons. The zero-order valence-corrected chi connectivity index (χ0v) is 28.9. The maximum absolute atomic E-state index is 2.32. The van der Waals surface area contributed by atoms with Crippen molar-refractivity contribution in [3.8, 4) is 0 Å². The highest BCUT2D eigenvalue weighted by molar-refractivity contribution is 5.80. The van der Waals surface area contributed by atoms with Gasteiger partial charge < -0.3 is 4.90 Å². The van der Waals surface area contributed by atoms with Crippen LogP contribution in [0.15, 0.2) is 146 Å². The van der Waals surface area contributed by atoms with Crippen LogP contribution in [-0.2, 0) is 19.3 Å². The molecule has 0 fully saturated rings. The van der Waals surface area contributed by atoms with Crippen LogP contribution in [0, 0.1) is 0 Å². The van der Waals surface area contributed by atoms with Crippen molar-refractivity contribution in [2.45, 2.75) is 40.0 Å². The Bertz CT molecular complexity index is 1750. The van der Waals surface area contributed by atoms with E-state index in [1.54, 1.807) is 0 Å². The standard InChI is InChI=1S/C48H45N/c1-4-37-7-13-40(14-8-37)19-22-43-25-31-46(32-26-43)49(47-33-27-44(28-34-47)23-20-41-15-9-38(5-2)10-16-41)48-35-29-45(30-36-48)24-21-42-17-11-39(6-3)12-18-42/h7-36H,4-6H2,1-3H3/b22-19+,23-20+,24-21+. The molecule has 6 rings (SSSR count). The molecular weight excluding hydrogens is 591 g/mol. The van der Waals surface area contributed by atoms with E-state index >= 15 is 0 Å². The van der Waals surface area contributed by atoms with E-state index in [0.29, 0.717) is 0 Å². The minimum atomic E-state index is 1.06. The molecule has 0 radical (unpaired) electrons. The Morgan fingerprint density at radius 1 is 0.286 bits per heavy atom. The molecule has 0 atom stereocenters. The normalized spacial score (nSPS) is 11.6. The van der Waals surface area contributed by atoms with Gasteiger partial charge in [0.1, 0.15) is 0 Å². The Labute approximate surface area is 293 Å². The maximum atomic E-state index is 2.32. The number of benzene rings is 6. The summed E-state index contributed by atoms with van der Waals surface area (Å²) in [5.74, 6) is 0. The second-order valence-electron chi connectivity index (χ2n) is 12.4. The van der Waals surface area contributed by atoms with Crippen molar-refractivity contribution in [2.24, 2.45) is 0 Å². The van der Waals surface area contributed by atoms with E-state index in [-0.39, 0.29) is 0 Å². The van der Waals surface area contributed by atoms with Crippen LogP contribution < -0.4 is 4.90 Å². The van der Waals surface area contributed by atoms with Gasteiger partial charge >= 0.3 is 0 Å². The van der Waals surface area contributed by atoms with Gasteiger partial charge in [0.2, 0.25) is 0 Å². The highest BCUT2D eigenvalue weighted by Gasteiger charge is 2.12. The smallest absolute Gasteiger partial charge is 0.0462 e. The third kappa shape index (κ3) is 9.03. The van der Waals surface area contributed by atoms with Gasteiger partial charge in [-0.05, 0) is 106 Å². The predicted molar refractivity (Wildman–Crippen MR) is 215 cm³/mol. The molecule has 6 aromatic carbocycles. The van der Waals surface area contributed by atoms with Crippen LogP contribution in [0.4, 0.5) is 17.1 Å². The predicted octanol–water partition coefficient (Wildman–Crippen LogP) is 13.4. The van der Waals surface area contributed by atoms with Crippen LogP contribution in [0.2, 0.25) is 0 Å². The van der Waals surface area contributed by atoms with Crippen molar-refractivity contribution >= 4 is 53.5 Å². The van der Waals surface area contributed by atoms with Gasteiger partial charge in [-0.2, -0.15) is 0 Å². The molecule has 0 heterocycles. The van der Waals surface area contributed by atoms with Gasteiger partial charge in [0.05, 0.1) is 0 Å². The Morgan fingerprint density at radius 3 is 0.653 bits per heavy atom. The first kappa shape index (κ1) is 33.2. The van der Waals surface area contributed by atoms with Gasteiger partial charge in [-0.3, -0.25) is 0 Å². The Hall–Kier alpha value is -5.66. The van der Waals surface area contributed by atoms with E-state index < -0.39 is 0 Å². The molecule has 0 saturated carbocycles. The first-order valence-electron chi connectivity index (χ1n) is 17.5. The summed E-state index contributed by atoms with van der Waals surface area (Å²) in [6.07, 6.45) is 16.3. The first-order valence-corrected chi connectivity index (χ1v) is 17.5. The third-order valence-corrected chi connectivity index (χ3v) is 9.02. The zero-order valence-electron chi connectivity index (χ0n) is 28.9. The summed E-state index contributed by atoms with van der Waals surface area (Å²) >= 11 is 0. The maximum Gasteiger partial charge on any atom is 0.0462 e. The molecule has 0 saturated heterocycles. The first-order chi connectivity index (χ1) is 24.1. The summed E-state index contributed by atoms with van der Waals surface area (Å²) in [6, 6.07) is 52.8. The van der Waals surface area contributed by atoms with Crippen molar-refractivity contribution in [3.63, 3.8) is 0 Å². The lowest BCUT2D eigenvalue weighted by Crippen LogP contribution is -2.09. The van der Waals surface area contributed by atoms with Gasteiger partial charge in [0.25, 0.3) is 0 Å². The Kier molecular flexibility index (Phi) is 11.2. The van der Waals surface area contributed by atoms with Crippen LogP contribution in [0.3, 0.4) is 0 Å². The van der Waals surface area contributed by atoms with E-state index in [0.717, 1.165) is 36.3 Å². The molecule has 0 unspecified atom stereocenters. The lowest BCUT2D eigenvalue weighted by molar-refractivity contribution is 1.14. The van der Waals surface area contributed by atoms with E-state index in [4.69, 9.17) is 0 Å². The van der Waals surface area contributed by atoms with Crippen molar-refractivity contribution in [3.05, 3.63) is 196 Å². The summed E-state index contributed by atoms with van der Waals surface area (Å²) in [4.78, 5) is 2.32. The average Bonchev–Trinajstić information content (AvgIpc) is 3.17. The van der Waals surface area contributed by atoms with E-state index in [1.807, 2.05) is 0 Å². The number of anilines is 3.